The Morgan fingerprint density at radius 2 is 2.14 bits per heavy atom. The van der Waals surface area contributed by atoms with Crippen molar-refractivity contribution in [3.05, 3.63) is 40.6 Å². The lowest BCUT2D eigenvalue weighted by molar-refractivity contribution is -0.150. The number of hydrogen-bond donors (Lipinski definition) is 4. The molecule has 4 N–H and O–H groups in total. The van der Waals surface area contributed by atoms with Crippen molar-refractivity contribution in [3.63, 3.8) is 0 Å². The summed E-state index contributed by atoms with van der Waals surface area (Å²) in [6, 6.07) is -1.04. The van der Waals surface area contributed by atoms with E-state index in [1.165, 1.54) is 34.1 Å². The minimum absolute atomic E-state index is 0.129. The summed E-state index contributed by atoms with van der Waals surface area (Å²) in [6.45, 7) is 0. The van der Waals surface area contributed by atoms with Gasteiger partial charge < -0.3 is 25.7 Å². The minimum atomic E-state index is -1.30. The number of allylic oxidation sites excluding steroid dienone is 1. The first-order valence-electron chi connectivity index (χ1n) is 12.8. The molecule has 0 spiro atoms. The van der Waals surface area contributed by atoms with Crippen molar-refractivity contribution in [1.82, 2.24) is 35.4 Å². The Hall–Kier alpha value is -4.56. The average Bonchev–Trinajstić information content (AvgIpc) is 3.78. The third-order valence-electron chi connectivity index (χ3n) is 6.31. The van der Waals surface area contributed by atoms with Crippen LogP contribution < -0.4 is 10.6 Å². The molecule has 3 atom stereocenters. The number of β-lactam (4-membered cyclic amide) rings is 1. The third-order valence-corrected chi connectivity index (χ3v) is 9.44. The lowest BCUT2D eigenvalue weighted by Gasteiger charge is -2.49. The summed E-state index contributed by atoms with van der Waals surface area (Å²) >= 11 is 3.47. The molecule has 1 aliphatic carbocycles. The number of carboxylic acid groups (broad SMARTS) is 2. The second-order valence-corrected chi connectivity index (χ2v) is 12.1. The van der Waals surface area contributed by atoms with Gasteiger partial charge in [-0.05, 0) is 34.9 Å². The molecule has 1 saturated heterocycles. The van der Waals surface area contributed by atoms with Gasteiger partial charge in [0.2, 0.25) is 11.6 Å². The van der Waals surface area contributed by atoms with Gasteiger partial charge in [0.05, 0.1) is 6.42 Å². The minimum Gasteiger partial charge on any atom is -0.481 e. The van der Waals surface area contributed by atoms with Crippen LogP contribution in [-0.4, -0.2) is 105 Å². The van der Waals surface area contributed by atoms with E-state index < -0.39 is 35.2 Å². The Labute approximate surface area is 260 Å². The van der Waals surface area contributed by atoms with E-state index in [1.807, 2.05) is 12.2 Å². The maximum absolute atomic E-state index is 13.4. The predicted octanol–water partition coefficient (Wildman–Crippen LogP) is 0.614. The molecule has 0 aromatic carbocycles. The zero-order valence-electron chi connectivity index (χ0n) is 22.4. The largest absolute Gasteiger partial charge is 0.481 e. The quantitative estimate of drug-likeness (QED) is 0.0543. The van der Waals surface area contributed by atoms with Gasteiger partial charge in [-0.2, -0.15) is 4.68 Å². The van der Waals surface area contributed by atoms with Gasteiger partial charge in [-0.25, -0.2) is 9.78 Å². The lowest BCUT2D eigenvalue weighted by Crippen LogP contribution is -2.71. The number of carboxylic acids is 2. The van der Waals surface area contributed by atoms with Crippen molar-refractivity contribution >= 4 is 82.1 Å². The summed E-state index contributed by atoms with van der Waals surface area (Å²) in [6.07, 6.45) is 7.87. The number of rotatable bonds is 14. The van der Waals surface area contributed by atoms with Crippen LogP contribution in [0.3, 0.4) is 0 Å². The van der Waals surface area contributed by atoms with Gasteiger partial charge >= 0.3 is 11.9 Å². The van der Waals surface area contributed by atoms with Gasteiger partial charge in [-0.1, -0.05) is 29.1 Å². The molecule has 20 heteroatoms. The fourth-order valence-corrected chi connectivity index (χ4v) is 7.30. The first-order valence-corrected chi connectivity index (χ1v) is 15.7. The number of amides is 3. The normalized spacial score (nSPS) is 21.3. The molecule has 4 heterocycles. The second kappa shape index (κ2) is 13.8. The number of hydrogen-bond acceptors (Lipinski definition) is 14. The molecule has 1 fully saturated rings. The number of carbonyl (C=O) groups excluding carboxylic acids is 3. The highest BCUT2D eigenvalue weighted by Crippen LogP contribution is 2.41. The molecule has 3 aliphatic rings. The molecule has 2 aromatic heterocycles. The molecular weight excluding hydrogens is 639 g/mol. The summed E-state index contributed by atoms with van der Waals surface area (Å²) in [7, 11) is 0. The molecule has 2 aliphatic heterocycles. The fraction of sp³-hybridized carbons (Fsp3) is 0.333. The average molecular weight is 662 g/mol. The van der Waals surface area contributed by atoms with Crippen LogP contribution in [-0.2, 0) is 28.8 Å². The van der Waals surface area contributed by atoms with Crippen LogP contribution in [0, 0.1) is 0 Å². The topological polar surface area (TPSA) is 231 Å². The number of nitrogens with zero attached hydrogens (tertiary/aromatic N) is 7. The smallest absolute Gasteiger partial charge is 0.352 e. The van der Waals surface area contributed by atoms with E-state index in [4.69, 9.17) is 9.94 Å². The Morgan fingerprint density at radius 1 is 1.30 bits per heavy atom. The summed E-state index contributed by atoms with van der Waals surface area (Å²) < 4.78 is 1.26. The van der Waals surface area contributed by atoms with Crippen molar-refractivity contribution in [2.45, 2.75) is 41.9 Å². The Kier molecular flexibility index (Phi) is 9.70. The summed E-state index contributed by atoms with van der Waals surface area (Å²) in [5.74, 6) is -3.31. The number of nitrogens with one attached hydrogen (secondary N) is 2. The lowest BCUT2D eigenvalue weighted by atomic mass is 10.0. The Balaban J connectivity index is 1.29. The molecule has 0 radical (unpaired) electrons. The number of fused-ring (bicyclic) bond motifs is 1. The van der Waals surface area contributed by atoms with Gasteiger partial charge in [0, 0.05) is 23.1 Å². The van der Waals surface area contributed by atoms with Gasteiger partial charge in [-0.3, -0.25) is 24.1 Å². The summed E-state index contributed by atoms with van der Waals surface area (Å²) in [5, 5.41) is 40.4. The van der Waals surface area contributed by atoms with Crippen LogP contribution in [0.5, 0.6) is 0 Å². The van der Waals surface area contributed by atoms with E-state index in [2.05, 4.69) is 36.3 Å². The number of carbonyl (C=O) groups is 5. The van der Waals surface area contributed by atoms with Crippen molar-refractivity contribution in [3.8, 4) is 0 Å². The summed E-state index contributed by atoms with van der Waals surface area (Å²) in [4.78, 5) is 71.3. The number of thiazole rings is 1. The molecule has 0 bridgehead atoms. The van der Waals surface area contributed by atoms with Crippen LogP contribution in [0.2, 0.25) is 0 Å². The number of thioether (sulfide) groups is 2. The molecular formula is C24H23N9O8S3. The monoisotopic (exact) mass is 661 g/mol. The highest BCUT2D eigenvalue weighted by atomic mass is 32.2. The number of tetrazole rings is 1. The first-order chi connectivity index (χ1) is 21.3. The highest BCUT2D eigenvalue weighted by molar-refractivity contribution is 8.01. The van der Waals surface area contributed by atoms with Crippen molar-refractivity contribution < 1.29 is 39.0 Å². The van der Waals surface area contributed by atoms with E-state index in [0.717, 1.165) is 34.4 Å². The zero-order chi connectivity index (χ0) is 31.2. The van der Waals surface area contributed by atoms with Gasteiger partial charge in [-0.15, -0.1) is 28.2 Å². The van der Waals surface area contributed by atoms with Crippen molar-refractivity contribution in [1.29, 1.82) is 0 Å². The SMILES string of the molecule is O=CNc1nc(C(=NOC2C=CCC2)C(=O)NC2C(=O)N3C(C(=O)O)=C(CSc4nnnn4C=CCC(=O)O)CS[C@H]23)cs1. The van der Waals surface area contributed by atoms with E-state index in [0.29, 0.717) is 23.6 Å². The van der Waals surface area contributed by atoms with Gasteiger partial charge in [0.15, 0.2) is 10.8 Å². The number of aliphatic carboxylic acids is 2. The third kappa shape index (κ3) is 6.81. The van der Waals surface area contributed by atoms with E-state index >= 15 is 0 Å². The standard InChI is InChI=1S/C24H23N9O8S3/c34-11-25-23-26-14(10-43-23)16(29-41-13-4-1-2-5-13)19(37)27-17-20(38)33-18(22(39)40)12(8-42-21(17)33)9-44-24-28-30-31-32(24)7-3-6-15(35)36/h1,3-4,7,10-11,13,17,21H,2,5-6,8-9H2,(H,27,37)(H,35,36)(H,39,40)(H,25,26,34)/t13?,17?,21-/m1/s1. The van der Waals surface area contributed by atoms with Crippen LogP contribution >= 0.6 is 34.9 Å². The Bertz CT molecular complexity index is 1600. The van der Waals surface area contributed by atoms with Crippen LogP contribution in [0.15, 0.2) is 45.2 Å². The van der Waals surface area contributed by atoms with Crippen molar-refractivity contribution in [2.24, 2.45) is 5.16 Å². The molecule has 0 saturated carbocycles. The fourth-order valence-electron chi connectivity index (χ4n) is 4.30. The highest BCUT2D eigenvalue weighted by Gasteiger charge is 2.54. The van der Waals surface area contributed by atoms with E-state index in [9.17, 15) is 29.1 Å². The van der Waals surface area contributed by atoms with Gasteiger partial charge in [0.25, 0.3) is 11.8 Å². The van der Waals surface area contributed by atoms with Crippen LogP contribution in [0.25, 0.3) is 6.20 Å². The number of aromatic nitrogens is 5. The number of oxime groups is 1. The van der Waals surface area contributed by atoms with Crippen LogP contribution in [0.4, 0.5) is 5.13 Å². The molecule has 3 amide bonds. The predicted molar refractivity (Wildman–Crippen MR) is 157 cm³/mol. The van der Waals surface area contributed by atoms with E-state index in [1.54, 1.807) is 0 Å². The molecule has 2 unspecified atom stereocenters. The maximum atomic E-state index is 13.4. The second-order valence-electron chi connectivity index (χ2n) is 9.18. The van der Waals surface area contributed by atoms with E-state index in [-0.39, 0.29) is 46.3 Å². The van der Waals surface area contributed by atoms with Gasteiger partial charge in [0.1, 0.15) is 28.9 Å². The maximum Gasteiger partial charge on any atom is 0.352 e. The Morgan fingerprint density at radius 3 is 2.86 bits per heavy atom. The summed E-state index contributed by atoms with van der Waals surface area (Å²) in [5.41, 5.74) is 0.188. The van der Waals surface area contributed by atoms with Crippen LogP contribution in [0.1, 0.15) is 25.0 Å². The van der Waals surface area contributed by atoms with Crippen molar-refractivity contribution in [2.75, 3.05) is 16.8 Å². The molecule has 2 aromatic rings. The first kappa shape index (κ1) is 30.9. The number of anilines is 1. The molecule has 230 valence electrons. The molecule has 44 heavy (non-hydrogen) atoms. The molecule has 17 nitrogen and oxygen atoms in total. The molecule has 5 rings (SSSR count). The zero-order valence-corrected chi connectivity index (χ0v) is 24.9.